The van der Waals surface area contributed by atoms with E-state index in [1.807, 2.05) is 66.4 Å². The number of aliphatic imine (C=N–C) groups is 1. The van der Waals surface area contributed by atoms with Gasteiger partial charge in [0.05, 0.1) is 18.0 Å². The van der Waals surface area contributed by atoms with Crippen LogP contribution < -0.4 is 9.80 Å². The largest absolute Gasteiger partial charge is 0.369 e. The Morgan fingerprint density at radius 2 is 1.58 bits per heavy atom. The topological polar surface area (TPSA) is 39.2 Å². The summed E-state index contributed by atoms with van der Waals surface area (Å²) in [5, 5.41) is 0. The van der Waals surface area contributed by atoms with Gasteiger partial charge in [0.2, 0.25) is 0 Å². The summed E-state index contributed by atoms with van der Waals surface area (Å²) in [7, 11) is 0. The molecular weight excluding hydrogens is 384 g/mol. The van der Waals surface area contributed by atoms with Crippen LogP contribution in [0, 0.1) is 6.92 Å². The SMILES string of the molecule is Cc1cccc(N=C2C(=O)N(CN3CCN(c4ccccc4)CC3)c3ccccc32)c1. The van der Waals surface area contributed by atoms with Crippen LogP contribution in [0.1, 0.15) is 11.1 Å². The standard InChI is InChI=1S/C26H26N4O/c1-20-8-7-9-21(18-20)27-25-23-12-5-6-13-24(23)30(26(25)31)19-28-14-16-29(17-15-28)22-10-3-2-4-11-22/h2-13,18H,14-17,19H2,1H3. The summed E-state index contributed by atoms with van der Waals surface area (Å²) in [6, 6.07) is 26.5. The maximum absolute atomic E-state index is 13.4. The molecule has 2 aliphatic heterocycles. The number of amides is 1. The first kappa shape index (κ1) is 19.5. The molecule has 0 radical (unpaired) electrons. The fraction of sp³-hybridized carbons (Fsp3) is 0.231. The van der Waals surface area contributed by atoms with Crippen molar-refractivity contribution >= 4 is 28.7 Å². The molecule has 3 aromatic rings. The van der Waals surface area contributed by atoms with E-state index in [1.54, 1.807) is 0 Å². The molecule has 5 heteroatoms. The number of rotatable bonds is 4. The molecular formula is C26H26N4O. The predicted molar refractivity (Wildman–Crippen MR) is 126 cm³/mol. The lowest BCUT2D eigenvalue weighted by Gasteiger charge is -2.37. The summed E-state index contributed by atoms with van der Waals surface area (Å²) >= 11 is 0. The van der Waals surface area contributed by atoms with Crippen LogP contribution in [-0.2, 0) is 4.79 Å². The molecule has 1 saturated heterocycles. The number of carbonyl (C=O) groups is 1. The molecule has 0 aromatic heterocycles. The Morgan fingerprint density at radius 1 is 0.839 bits per heavy atom. The van der Waals surface area contributed by atoms with Gasteiger partial charge in [0.1, 0.15) is 5.71 Å². The molecule has 0 saturated carbocycles. The molecule has 3 aromatic carbocycles. The van der Waals surface area contributed by atoms with Gasteiger partial charge in [-0.2, -0.15) is 0 Å². The summed E-state index contributed by atoms with van der Waals surface area (Å²) in [4.78, 5) is 24.7. The second-order valence-corrected chi connectivity index (χ2v) is 8.13. The molecule has 5 rings (SSSR count). The van der Waals surface area contributed by atoms with Gasteiger partial charge in [-0.25, -0.2) is 4.99 Å². The normalized spacial score (nSPS) is 18.0. The second kappa shape index (κ2) is 8.36. The van der Waals surface area contributed by atoms with E-state index in [2.05, 4.69) is 34.1 Å². The summed E-state index contributed by atoms with van der Waals surface area (Å²) < 4.78 is 0. The maximum Gasteiger partial charge on any atom is 0.278 e. The molecule has 1 amide bonds. The molecule has 0 aliphatic carbocycles. The van der Waals surface area contributed by atoms with Crippen molar-refractivity contribution in [2.24, 2.45) is 4.99 Å². The van der Waals surface area contributed by atoms with Gasteiger partial charge in [0.15, 0.2) is 0 Å². The molecule has 2 heterocycles. The van der Waals surface area contributed by atoms with E-state index < -0.39 is 0 Å². The van der Waals surface area contributed by atoms with Crippen molar-refractivity contribution in [1.82, 2.24) is 4.90 Å². The van der Waals surface area contributed by atoms with E-state index in [0.717, 1.165) is 48.7 Å². The van der Waals surface area contributed by atoms with Gasteiger partial charge >= 0.3 is 0 Å². The first-order valence-electron chi connectivity index (χ1n) is 10.8. The second-order valence-electron chi connectivity index (χ2n) is 8.13. The molecule has 156 valence electrons. The quantitative estimate of drug-likeness (QED) is 0.646. The van der Waals surface area contributed by atoms with E-state index in [-0.39, 0.29) is 5.91 Å². The number of anilines is 2. The number of hydrogen-bond donors (Lipinski definition) is 0. The van der Waals surface area contributed by atoms with E-state index in [9.17, 15) is 4.79 Å². The van der Waals surface area contributed by atoms with Gasteiger partial charge in [0, 0.05) is 37.4 Å². The number of piperazine rings is 1. The Bertz CT molecular complexity index is 1120. The first-order chi connectivity index (χ1) is 15.2. The van der Waals surface area contributed by atoms with Gasteiger partial charge < -0.3 is 4.90 Å². The average Bonchev–Trinajstić information content (AvgIpc) is 3.06. The van der Waals surface area contributed by atoms with Gasteiger partial charge in [-0.3, -0.25) is 14.6 Å². The lowest BCUT2D eigenvalue weighted by atomic mass is 10.1. The number of carbonyl (C=O) groups excluding carboxylic acids is 1. The zero-order chi connectivity index (χ0) is 21.2. The van der Waals surface area contributed by atoms with Crippen LogP contribution in [0.15, 0.2) is 83.9 Å². The van der Waals surface area contributed by atoms with Gasteiger partial charge in [-0.15, -0.1) is 0 Å². The van der Waals surface area contributed by atoms with E-state index in [4.69, 9.17) is 4.99 Å². The minimum Gasteiger partial charge on any atom is -0.369 e. The molecule has 0 N–H and O–H groups in total. The molecule has 0 unspecified atom stereocenters. The fourth-order valence-corrected chi connectivity index (χ4v) is 4.32. The molecule has 5 nitrogen and oxygen atoms in total. The maximum atomic E-state index is 13.4. The minimum absolute atomic E-state index is 0.0202. The van der Waals surface area contributed by atoms with Crippen molar-refractivity contribution in [2.45, 2.75) is 6.92 Å². The number of aryl methyl sites for hydroxylation is 1. The van der Waals surface area contributed by atoms with Crippen LogP contribution in [0.5, 0.6) is 0 Å². The molecule has 1 fully saturated rings. The zero-order valence-corrected chi connectivity index (χ0v) is 17.7. The highest BCUT2D eigenvalue weighted by molar-refractivity contribution is 6.54. The van der Waals surface area contributed by atoms with Crippen molar-refractivity contribution in [3.05, 3.63) is 90.0 Å². The summed E-state index contributed by atoms with van der Waals surface area (Å²) in [5.41, 5.74) is 5.60. The van der Waals surface area contributed by atoms with Gasteiger partial charge in [-0.1, -0.05) is 48.5 Å². The van der Waals surface area contributed by atoms with Crippen LogP contribution >= 0.6 is 0 Å². The van der Waals surface area contributed by atoms with Crippen molar-refractivity contribution in [3.63, 3.8) is 0 Å². The number of fused-ring (bicyclic) bond motifs is 1. The molecule has 31 heavy (non-hydrogen) atoms. The highest BCUT2D eigenvalue weighted by Crippen LogP contribution is 2.31. The monoisotopic (exact) mass is 410 g/mol. The third kappa shape index (κ3) is 3.97. The number of para-hydroxylation sites is 2. The van der Waals surface area contributed by atoms with Crippen molar-refractivity contribution < 1.29 is 4.79 Å². The van der Waals surface area contributed by atoms with Crippen LogP contribution in [-0.4, -0.2) is 49.4 Å². The number of benzene rings is 3. The lowest BCUT2D eigenvalue weighted by molar-refractivity contribution is -0.112. The van der Waals surface area contributed by atoms with Crippen molar-refractivity contribution in [1.29, 1.82) is 0 Å². The van der Waals surface area contributed by atoms with E-state index >= 15 is 0 Å². The highest BCUT2D eigenvalue weighted by Gasteiger charge is 2.35. The molecule has 0 spiro atoms. The molecule has 2 aliphatic rings. The smallest absolute Gasteiger partial charge is 0.278 e. The average molecular weight is 411 g/mol. The van der Waals surface area contributed by atoms with Crippen LogP contribution in [0.2, 0.25) is 0 Å². The van der Waals surface area contributed by atoms with Crippen molar-refractivity contribution in [2.75, 3.05) is 42.6 Å². The highest BCUT2D eigenvalue weighted by atomic mass is 16.2. The molecule has 0 bridgehead atoms. The van der Waals surface area contributed by atoms with Crippen molar-refractivity contribution in [3.8, 4) is 0 Å². The minimum atomic E-state index is -0.0202. The zero-order valence-electron chi connectivity index (χ0n) is 17.7. The summed E-state index contributed by atoms with van der Waals surface area (Å²) in [6.07, 6.45) is 0. The van der Waals surface area contributed by atoms with E-state index in [0.29, 0.717) is 12.4 Å². The predicted octanol–water partition coefficient (Wildman–Crippen LogP) is 4.24. The Kier molecular flexibility index (Phi) is 5.26. The number of nitrogens with zero attached hydrogens (tertiary/aromatic N) is 4. The molecule has 0 atom stereocenters. The first-order valence-corrected chi connectivity index (χ1v) is 10.8. The van der Waals surface area contributed by atoms with Gasteiger partial charge in [-0.05, 0) is 42.8 Å². The van der Waals surface area contributed by atoms with Gasteiger partial charge in [0.25, 0.3) is 5.91 Å². The van der Waals surface area contributed by atoms with Crippen LogP contribution in [0.4, 0.5) is 17.1 Å². The van der Waals surface area contributed by atoms with Crippen LogP contribution in [0.25, 0.3) is 0 Å². The Balaban J connectivity index is 1.34. The lowest BCUT2D eigenvalue weighted by Crippen LogP contribution is -2.51. The Labute approximate surface area is 183 Å². The van der Waals surface area contributed by atoms with E-state index in [1.165, 1.54) is 5.69 Å². The third-order valence-electron chi connectivity index (χ3n) is 5.98. The Morgan fingerprint density at radius 3 is 2.35 bits per heavy atom. The van der Waals surface area contributed by atoms with Crippen LogP contribution in [0.3, 0.4) is 0 Å². The number of hydrogen-bond acceptors (Lipinski definition) is 4. The summed E-state index contributed by atoms with van der Waals surface area (Å²) in [5.74, 6) is -0.0202. The summed E-state index contributed by atoms with van der Waals surface area (Å²) in [6.45, 7) is 6.38. The fourth-order valence-electron chi connectivity index (χ4n) is 4.32. The Hall–Kier alpha value is -3.44. The third-order valence-corrected chi connectivity index (χ3v) is 5.98.